The van der Waals surface area contributed by atoms with Crippen molar-refractivity contribution in [2.24, 2.45) is 5.84 Å². The second-order valence-corrected chi connectivity index (χ2v) is 3.45. The van der Waals surface area contributed by atoms with E-state index in [-0.39, 0.29) is 5.54 Å². The van der Waals surface area contributed by atoms with E-state index in [9.17, 15) is 0 Å². The van der Waals surface area contributed by atoms with Gasteiger partial charge in [0, 0.05) is 0 Å². The van der Waals surface area contributed by atoms with Crippen LogP contribution in [0.5, 0.6) is 5.75 Å². The number of rotatable bonds is 3. The molecule has 1 aliphatic heterocycles. The van der Waals surface area contributed by atoms with Gasteiger partial charge in [-0.15, -0.1) is 0 Å². The van der Waals surface area contributed by atoms with Gasteiger partial charge in [-0.05, 0) is 17.7 Å². The molecule has 0 radical (unpaired) electrons. The summed E-state index contributed by atoms with van der Waals surface area (Å²) in [7, 11) is 1.65. The lowest BCUT2D eigenvalue weighted by atomic mass is 9.89. The molecule has 0 amide bonds. The summed E-state index contributed by atoms with van der Waals surface area (Å²) in [4.78, 5) is 0. The van der Waals surface area contributed by atoms with E-state index in [2.05, 4.69) is 5.43 Å². The van der Waals surface area contributed by atoms with Crippen molar-refractivity contribution in [3.8, 4) is 5.75 Å². The Kier molecular flexibility index (Phi) is 2.41. The molecule has 0 unspecified atom stereocenters. The van der Waals surface area contributed by atoms with E-state index >= 15 is 0 Å². The number of methoxy groups -OCH3 is 1. The molecule has 1 heterocycles. The SMILES string of the molecule is COc1ccc(C2(NN)COC2)cc1. The second kappa shape index (κ2) is 3.57. The first-order valence-electron chi connectivity index (χ1n) is 4.51. The Balaban J connectivity index is 2.23. The topological polar surface area (TPSA) is 56.5 Å². The van der Waals surface area contributed by atoms with Crippen LogP contribution < -0.4 is 16.0 Å². The number of hydrazine groups is 1. The van der Waals surface area contributed by atoms with Crippen molar-refractivity contribution in [1.82, 2.24) is 5.43 Å². The summed E-state index contributed by atoms with van der Waals surface area (Å²) in [6, 6.07) is 7.85. The third-order valence-corrected chi connectivity index (χ3v) is 2.62. The molecule has 1 aliphatic rings. The zero-order chi connectivity index (χ0) is 10.0. The molecule has 4 heteroatoms. The molecular formula is C10H14N2O2. The Bertz CT molecular complexity index is 301. The average molecular weight is 194 g/mol. The van der Waals surface area contributed by atoms with Gasteiger partial charge in [-0.2, -0.15) is 0 Å². The van der Waals surface area contributed by atoms with E-state index in [1.165, 1.54) is 0 Å². The second-order valence-electron chi connectivity index (χ2n) is 3.45. The predicted octanol–water partition coefficient (Wildman–Crippen LogP) is 0.384. The van der Waals surface area contributed by atoms with Gasteiger partial charge in [0.25, 0.3) is 0 Å². The number of ether oxygens (including phenoxy) is 2. The Morgan fingerprint density at radius 3 is 2.36 bits per heavy atom. The van der Waals surface area contributed by atoms with Gasteiger partial charge in [-0.1, -0.05) is 12.1 Å². The molecule has 0 aliphatic carbocycles. The predicted molar refractivity (Wildman–Crippen MR) is 52.8 cm³/mol. The minimum absolute atomic E-state index is 0.202. The van der Waals surface area contributed by atoms with Crippen LogP contribution in [-0.4, -0.2) is 20.3 Å². The van der Waals surface area contributed by atoms with E-state index in [0.29, 0.717) is 13.2 Å². The van der Waals surface area contributed by atoms with E-state index in [1.807, 2.05) is 24.3 Å². The molecular weight excluding hydrogens is 180 g/mol. The monoisotopic (exact) mass is 194 g/mol. The molecule has 1 fully saturated rings. The Morgan fingerprint density at radius 2 is 2.00 bits per heavy atom. The molecule has 0 spiro atoms. The van der Waals surface area contributed by atoms with Crippen molar-refractivity contribution in [3.05, 3.63) is 29.8 Å². The van der Waals surface area contributed by atoms with Gasteiger partial charge in [0.2, 0.25) is 0 Å². The first-order valence-corrected chi connectivity index (χ1v) is 4.51. The summed E-state index contributed by atoms with van der Waals surface area (Å²) in [5.74, 6) is 6.36. The van der Waals surface area contributed by atoms with Crippen LogP contribution >= 0.6 is 0 Å². The standard InChI is InChI=1S/C10H14N2O2/c1-13-9-4-2-8(3-5-9)10(12-11)6-14-7-10/h2-5,12H,6-7,11H2,1H3. The maximum atomic E-state index is 5.51. The highest BCUT2D eigenvalue weighted by atomic mass is 16.5. The Labute approximate surface area is 83.0 Å². The zero-order valence-corrected chi connectivity index (χ0v) is 8.12. The summed E-state index contributed by atoms with van der Waals surface area (Å²) in [6.45, 7) is 1.24. The molecule has 0 saturated carbocycles. The van der Waals surface area contributed by atoms with E-state index in [4.69, 9.17) is 15.3 Å². The highest BCUT2D eigenvalue weighted by Gasteiger charge is 2.39. The number of benzene rings is 1. The van der Waals surface area contributed by atoms with Crippen molar-refractivity contribution >= 4 is 0 Å². The maximum absolute atomic E-state index is 5.51. The summed E-state index contributed by atoms with van der Waals surface area (Å²) in [6.07, 6.45) is 0. The van der Waals surface area contributed by atoms with Gasteiger partial charge in [-0.3, -0.25) is 5.84 Å². The lowest BCUT2D eigenvalue weighted by Crippen LogP contribution is -2.60. The zero-order valence-electron chi connectivity index (χ0n) is 8.12. The first kappa shape index (κ1) is 9.45. The first-order chi connectivity index (χ1) is 6.80. The van der Waals surface area contributed by atoms with Gasteiger partial charge in [0.15, 0.2) is 0 Å². The van der Waals surface area contributed by atoms with Crippen molar-refractivity contribution in [2.45, 2.75) is 5.54 Å². The molecule has 0 atom stereocenters. The molecule has 4 nitrogen and oxygen atoms in total. The highest BCUT2D eigenvalue weighted by Crippen LogP contribution is 2.29. The van der Waals surface area contributed by atoms with Crippen LogP contribution in [0.2, 0.25) is 0 Å². The van der Waals surface area contributed by atoms with Crippen molar-refractivity contribution in [1.29, 1.82) is 0 Å². The van der Waals surface area contributed by atoms with Gasteiger partial charge in [0.1, 0.15) is 11.3 Å². The number of nitrogens with two attached hydrogens (primary N) is 1. The fraction of sp³-hybridized carbons (Fsp3) is 0.400. The molecule has 0 aromatic heterocycles. The molecule has 76 valence electrons. The molecule has 14 heavy (non-hydrogen) atoms. The number of nitrogens with one attached hydrogen (secondary N) is 1. The van der Waals surface area contributed by atoms with Gasteiger partial charge < -0.3 is 9.47 Å². The summed E-state index contributed by atoms with van der Waals surface area (Å²) in [5, 5.41) is 0. The van der Waals surface area contributed by atoms with Gasteiger partial charge in [-0.25, -0.2) is 5.43 Å². The van der Waals surface area contributed by atoms with Crippen molar-refractivity contribution in [2.75, 3.05) is 20.3 Å². The molecule has 2 rings (SSSR count). The van der Waals surface area contributed by atoms with Crippen LogP contribution in [0, 0.1) is 0 Å². The largest absolute Gasteiger partial charge is 0.497 e. The third kappa shape index (κ3) is 1.37. The molecule has 0 bridgehead atoms. The minimum Gasteiger partial charge on any atom is -0.497 e. The quantitative estimate of drug-likeness (QED) is 0.539. The lowest BCUT2D eigenvalue weighted by Gasteiger charge is -2.41. The minimum atomic E-state index is -0.202. The Morgan fingerprint density at radius 1 is 1.36 bits per heavy atom. The van der Waals surface area contributed by atoms with Gasteiger partial charge >= 0.3 is 0 Å². The van der Waals surface area contributed by atoms with Gasteiger partial charge in [0.05, 0.1) is 20.3 Å². The van der Waals surface area contributed by atoms with Crippen LogP contribution in [0.3, 0.4) is 0 Å². The van der Waals surface area contributed by atoms with E-state index < -0.39 is 0 Å². The number of hydrogen-bond acceptors (Lipinski definition) is 4. The van der Waals surface area contributed by atoms with Crippen LogP contribution in [-0.2, 0) is 10.3 Å². The van der Waals surface area contributed by atoms with E-state index in [1.54, 1.807) is 7.11 Å². The van der Waals surface area contributed by atoms with Crippen molar-refractivity contribution < 1.29 is 9.47 Å². The normalized spacial score (nSPS) is 18.7. The van der Waals surface area contributed by atoms with Crippen LogP contribution in [0.15, 0.2) is 24.3 Å². The molecule has 1 aromatic rings. The van der Waals surface area contributed by atoms with Crippen LogP contribution in [0.1, 0.15) is 5.56 Å². The van der Waals surface area contributed by atoms with Crippen molar-refractivity contribution in [3.63, 3.8) is 0 Å². The maximum Gasteiger partial charge on any atom is 0.118 e. The Hall–Kier alpha value is -1.10. The van der Waals surface area contributed by atoms with Crippen LogP contribution in [0.4, 0.5) is 0 Å². The molecule has 1 aromatic carbocycles. The summed E-state index contributed by atoms with van der Waals surface area (Å²) in [5.41, 5.74) is 3.73. The fourth-order valence-electron chi connectivity index (χ4n) is 1.55. The summed E-state index contributed by atoms with van der Waals surface area (Å²) >= 11 is 0. The molecule has 3 N–H and O–H groups in total. The van der Waals surface area contributed by atoms with Crippen LogP contribution in [0.25, 0.3) is 0 Å². The number of hydrogen-bond donors (Lipinski definition) is 2. The van der Waals surface area contributed by atoms with E-state index in [0.717, 1.165) is 11.3 Å². The fourth-order valence-corrected chi connectivity index (χ4v) is 1.55. The third-order valence-electron chi connectivity index (χ3n) is 2.62. The lowest BCUT2D eigenvalue weighted by molar-refractivity contribution is -0.0787. The highest BCUT2D eigenvalue weighted by molar-refractivity contribution is 5.33. The summed E-state index contributed by atoms with van der Waals surface area (Å²) < 4.78 is 10.3. The smallest absolute Gasteiger partial charge is 0.118 e. The molecule has 1 saturated heterocycles. The average Bonchev–Trinajstić information content (AvgIpc) is 2.18.